The molecule has 0 aromatic heterocycles. The Balaban J connectivity index is 3.60. The van der Waals surface area contributed by atoms with Crippen LogP contribution in [0, 0.1) is 5.82 Å². The van der Waals surface area contributed by atoms with Crippen molar-refractivity contribution in [3.8, 4) is 0 Å². The summed E-state index contributed by atoms with van der Waals surface area (Å²) >= 11 is 2.51. The highest BCUT2D eigenvalue weighted by Crippen LogP contribution is 2.41. The van der Waals surface area contributed by atoms with Gasteiger partial charge in [-0.15, -0.1) is 0 Å². The zero-order valence-corrected chi connectivity index (χ0v) is 9.47. The Hall–Kier alpha value is -0.790. The van der Waals surface area contributed by atoms with E-state index in [9.17, 15) is 30.7 Å². The highest BCUT2D eigenvalue weighted by Gasteiger charge is 2.42. The van der Waals surface area contributed by atoms with Crippen LogP contribution in [0.1, 0.15) is 16.7 Å². The van der Waals surface area contributed by atoms with Gasteiger partial charge in [0.15, 0.2) is 0 Å². The molecule has 96 valence electrons. The molecule has 0 heterocycles. The Morgan fingerprint density at radius 3 is 1.82 bits per heavy atom. The highest BCUT2D eigenvalue weighted by molar-refractivity contribution is 9.08. The smallest absolute Gasteiger partial charge is 0.206 e. The van der Waals surface area contributed by atoms with E-state index in [0.717, 1.165) is 0 Å². The van der Waals surface area contributed by atoms with E-state index in [1.165, 1.54) is 0 Å². The first-order valence-electron chi connectivity index (χ1n) is 4.10. The average molecular weight is 325 g/mol. The lowest BCUT2D eigenvalue weighted by Crippen LogP contribution is -2.17. The molecule has 0 fully saturated rings. The Morgan fingerprint density at radius 2 is 1.47 bits per heavy atom. The Morgan fingerprint density at radius 1 is 0.941 bits per heavy atom. The Bertz CT molecular complexity index is 419. The normalized spacial score (nSPS) is 12.9. The van der Waals surface area contributed by atoms with Crippen molar-refractivity contribution in [3.63, 3.8) is 0 Å². The summed E-state index contributed by atoms with van der Waals surface area (Å²) in [5, 5.41) is -0.742. The SMILES string of the molecule is Fc1ccc(C(F)(F)F)c(CBr)c1C(F)(F)F. The molecule has 0 unspecified atom stereocenters. The van der Waals surface area contributed by atoms with Gasteiger partial charge < -0.3 is 0 Å². The first-order valence-corrected chi connectivity index (χ1v) is 5.23. The zero-order valence-electron chi connectivity index (χ0n) is 7.89. The van der Waals surface area contributed by atoms with Gasteiger partial charge in [0.05, 0.1) is 11.1 Å². The van der Waals surface area contributed by atoms with Gasteiger partial charge in [0.2, 0.25) is 0 Å². The van der Waals surface area contributed by atoms with E-state index >= 15 is 0 Å². The summed E-state index contributed by atoms with van der Waals surface area (Å²) in [6, 6.07) is 0.457. The first-order chi connectivity index (χ1) is 7.59. The third-order valence-electron chi connectivity index (χ3n) is 1.98. The van der Waals surface area contributed by atoms with Crippen LogP contribution in [0.3, 0.4) is 0 Å². The lowest BCUT2D eigenvalue weighted by Gasteiger charge is -2.17. The predicted molar refractivity (Wildman–Crippen MR) is 49.0 cm³/mol. The maximum atomic E-state index is 13.0. The summed E-state index contributed by atoms with van der Waals surface area (Å²) in [5.74, 6) is -1.72. The minimum atomic E-state index is -5.17. The number of rotatable bonds is 1. The predicted octanol–water partition coefficient (Wildman–Crippen LogP) is 4.76. The van der Waals surface area contributed by atoms with Gasteiger partial charge in [-0.3, -0.25) is 0 Å². The summed E-state index contributed by atoms with van der Waals surface area (Å²) < 4.78 is 87.6. The largest absolute Gasteiger partial charge is 0.419 e. The first kappa shape index (κ1) is 14.3. The van der Waals surface area contributed by atoms with Gasteiger partial charge in [-0.05, 0) is 17.7 Å². The molecule has 0 nitrogen and oxygen atoms in total. The quantitative estimate of drug-likeness (QED) is 0.516. The van der Waals surface area contributed by atoms with Gasteiger partial charge in [-0.2, -0.15) is 26.3 Å². The van der Waals surface area contributed by atoms with Crippen molar-refractivity contribution in [2.45, 2.75) is 17.7 Å². The molecule has 0 aliphatic heterocycles. The molecule has 0 atom stereocenters. The molecule has 1 rings (SSSR count). The fraction of sp³-hybridized carbons (Fsp3) is 0.333. The maximum Gasteiger partial charge on any atom is 0.419 e. The van der Waals surface area contributed by atoms with Crippen LogP contribution >= 0.6 is 15.9 Å². The molecule has 8 heteroatoms. The second-order valence-electron chi connectivity index (χ2n) is 3.08. The van der Waals surface area contributed by atoms with Crippen molar-refractivity contribution in [1.82, 2.24) is 0 Å². The lowest BCUT2D eigenvalue weighted by atomic mass is 10.0. The van der Waals surface area contributed by atoms with Gasteiger partial charge >= 0.3 is 12.4 Å². The van der Waals surface area contributed by atoms with Crippen LogP contribution in [0.2, 0.25) is 0 Å². The van der Waals surface area contributed by atoms with E-state index in [-0.39, 0.29) is 6.07 Å². The summed E-state index contributed by atoms with van der Waals surface area (Å²) in [4.78, 5) is 0. The van der Waals surface area contributed by atoms with Gasteiger partial charge in [0.25, 0.3) is 0 Å². The summed E-state index contributed by atoms with van der Waals surface area (Å²) in [7, 11) is 0. The van der Waals surface area contributed by atoms with Crippen molar-refractivity contribution in [2.24, 2.45) is 0 Å². The second-order valence-corrected chi connectivity index (χ2v) is 3.64. The molecule has 0 amide bonds. The molecular weight excluding hydrogens is 321 g/mol. The molecule has 17 heavy (non-hydrogen) atoms. The van der Waals surface area contributed by atoms with Crippen molar-refractivity contribution in [2.75, 3.05) is 0 Å². The van der Waals surface area contributed by atoms with Gasteiger partial charge in [-0.25, -0.2) is 4.39 Å². The number of alkyl halides is 7. The maximum absolute atomic E-state index is 13.0. The number of halogens is 8. The van der Waals surface area contributed by atoms with E-state index in [0.29, 0.717) is 6.07 Å². The van der Waals surface area contributed by atoms with Gasteiger partial charge in [0, 0.05) is 5.33 Å². The van der Waals surface area contributed by atoms with Gasteiger partial charge in [0.1, 0.15) is 5.82 Å². The highest BCUT2D eigenvalue weighted by atomic mass is 79.9. The molecule has 0 aliphatic carbocycles. The third kappa shape index (κ3) is 2.91. The van der Waals surface area contributed by atoms with Crippen LogP contribution < -0.4 is 0 Å². The van der Waals surface area contributed by atoms with Crippen molar-refractivity contribution >= 4 is 15.9 Å². The van der Waals surface area contributed by atoms with Crippen LogP contribution in [0.15, 0.2) is 12.1 Å². The number of hydrogen-bond acceptors (Lipinski definition) is 0. The molecule has 0 saturated heterocycles. The lowest BCUT2D eigenvalue weighted by molar-refractivity contribution is -0.145. The average Bonchev–Trinajstić information content (AvgIpc) is 2.12. The Kier molecular flexibility index (Phi) is 3.75. The molecule has 1 aromatic carbocycles. The van der Waals surface area contributed by atoms with Crippen LogP contribution in [-0.4, -0.2) is 0 Å². The minimum Gasteiger partial charge on any atom is -0.206 e. The Labute approximate surface area is 99.6 Å². The van der Waals surface area contributed by atoms with Crippen molar-refractivity contribution in [1.29, 1.82) is 0 Å². The van der Waals surface area contributed by atoms with E-state index in [2.05, 4.69) is 15.9 Å². The second kappa shape index (κ2) is 4.47. The molecule has 0 spiro atoms. The fourth-order valence-corrected chi connectivity index (χ4v) is 1.91. The third-order valence-corrected chi connectivity index (χ3v) is 2.55. The van der Waals surface area contributed by atoms with Crippen LogP contribution in [0.25, 0.3) is 0 Å². The van der Waals surface area contributed by atoms with E-state index in [1.807, 2.05) is 0 Å². The fourth-order valence-electron chi connectivity index (χ4n) is 1.33. The van der Waals surface area contributed by atoms with Crippen LogP contribution in [0.5, 0.6) is 0 Å². The monoisotopic (exact) mass is 324 g/mol. The molecule has 0 N–H and O–H groups in total. The number of benzene rings is 1. The van der Waals surface area contributed by atoms with E-state index in [1.54, 1.807) is 0 Å². The van der Waals surface area contributed by atoms with Crippen molar-refractivity contribution < 1.29 is 30.7 Å². The minimum absolute atomic E-state index is 0.164. The van der Waals surface area contributed by atoms with E-state index in [4.69, 9.17) is 0 Å². The molecular formula is C9H4BrF7. The number of hydrogen-bond donors (Lipinski definition) is 0. The molecule has 1 aromatic rings. The summed E-state index contributed by atoms with van der Waals surface area (Å²) in [5.41, 5.74) is -4.53. The van der Waals surface area contributed by atoms with E-state index < -0.39 is 40.2 Å². The molecule has 0 bridgehead atoms. The molecule has 0 saturated carbocycles. The zero-order chi connectivity index (χ0) is 13.4. The standard InChI is InChI=1S/C9H4BrF7/c10-3-4-5(8(12,13)14)1-2-6(11)7(4)9(15,16)17/h1-2H,3H2. The topological polar surface area (TPSA) is 0 Å². The van der Waals surface area contributed by atoms with Gasteiger partial charge in [-0.1, -0.05) is 15.9 Å². The van der Waals surface area contributed by atoms with Crippen LogP contribution in [-0.2, 0) is 17.7 Å². The van der Waals surface area contributed by atoms with Crippen molar-refractivity contribution in [3.05, 3.63) is 34.6 Å². The van der Waals surface area contributed by atoms with Crippen LogP contribution in [0.4, 0.5) is 30.7 Å². The molecule has 0 radical (unpaired) electrons. The summed E-state index contributed by atoms with van der Waals surface area (Å²) in [6.45, 7) is 0. The summed E-state index contributed by atoms with van der Waals surface area (Å²) in [6.07, 6.45) is -10.1. The molecule has 0 aliphatic rings.